The van der Waals surface area contributed by atoms with Crippen molar-refractivity contribution in [3.63, 3.8) is 0 Å². The summed E-state index contributed by atoms with van der Waals surface area (Å²) in [5.74, 6) is -0.495. The van der Waals surface area contributed by atoms with Crippen LogP contribution >= 0.6 is 0 Å². The molecule has 0 unspecified atom stereocenters. The Balaban J connectivity index is 3.08. The van der Waals surface area contributed by atoms with Crippen molar-refractivity contribution in [2.24, 2.45) is 0 Å². The van der Waals surface area contributed by atoms with Crippen molar-refractivity contribution in [1.29, 1.82) is 0 Å². The van der Waals surface area contributed by atoms with E-state index in [1.807, 2.05) is 59.7 Å². The van der Waals surface area contributed by atoms with E-state index in [-0.39, 0.29) is 9.51 Å². The molecular formula is C20H26As2O6. The minimum atomic E-state index is -0.918. The average molecular weight is 512 g/mol. The molecule has 2 radical (unpaired) electrons. The standard InChI is InChI=1S/C20H26As2O6/c1-19(2,3)27-17(24)21-14-9-10-15(22-18(25)28-20(4,5)6)13(12-14)8-11-16(23)26-7/h8-12H,1-7H3. The average Bonchev–Trinajstić information content (AvgIpc) is 2.50. The zero-order valence-corrected chi connectivity index (χ0v) is 21.0. The molecule has 0 saturated heterocycles. The van der Waals surface area contributed by atoms with E-state index in [2.05, 4.69) is 4.74 Å². The Morgan fingerprint density at radius 2 is 1.43 bits per heavy atom. The van der Waals surface area contributed by atoms with Crippen molar-refractivity contribution < 1.29 is 28.6 Å². The first kappa shape index (κ1) is 24.5. The van der Waals surface area contributed by atoms with Crippen LogP contribution in [-0.2, 0) is 19.0 Å². The van der Waals surface area contributed by atoms with Crippen molar-refractivity contribution >= 4 is 61.8 Å². The summed E-state index contributed by atoms with van der Waals surface area (Å²) in [6.45, 7) is 10.9. The Labute approximate surface area is 179 Å². The first-order chi connectivity index (χ1) is 12.8. The van der Waals surface area contributed by atoms with Gasteiger partial charge >= 0.3 is 180 Å². The molecule has 0 amide bonds. The number of ether oxygens (including phenoxy) is 3. The molecule has 0 spiro atoms. The third-order valence-electron chi connectivity index (χ3n) is 2.83. The summed E-state index contributed by atoms with van der Waals surface area (Å²) in [7, 11) is 1.30. The summed E-state index contributed by atoms with van der Waals surface area (Å²) in [5, 5.41) is 0. The van der Waals surface area contributed by atoms with E-state index >= 15 is 0 Å². The van der Waals surface area contributed by atoms with Gasteiger partial charge in [0.1, 0.15) is 0 Å². The van der Waals surface area contributed by atoms with Gasteiger partial charge in [-0.2, -0.15) is 0 Å². The molecule has 152 valence electrons. The van der Waals surface area contributed by atoms with E-state index in [1.54, 1.807) is 6.08 Å². The quantitative estimate of drug-likeness (QED) is 0.252. The second-order valence-electron chi connectivity index (χ2n) is 7.78. The van der Waals surface area contributed by atoms with Crippen LogP contribution in [-0.4, -0.2) is 65.3 Å². The van der Waals surface area contributed by atoms with E-state index < -0.39 is 48.7 Å². The topological polar surface area (TPSA) is 78.9 Å². The fourth-order valence-electron chi connectivity index (χ4n) is 1.85. The number of esters is 1. The molecule has 8 heteroatoms. The summed E-state index contributed by atoms with van der Waals surface area (Å²) in [6, 6.07) is 5.46. The number of benzene rings is 1. The Morgan fingerprint density at radius 3 is 1.93 bits per heavy atom. The molecule has 0 N–H and O–H groups in total. The monoisotopic (exact) mass is 512 g/mol. The van der Waals surface area contributed by atoms with Gasteiger partial charge in [-0.1, -0.05) is 0 Å². The molecular weight excluding hydrogens is 486 g/mol. The molecule has 0 heterocycles. The van der Waals surface area contributed by atoms with Gasteiger partial charge in [0.2, 0.25) is 0 Å². The van der Waals surface area contributed by atoms with Gasteiger partial charge in [-0.15, -0.1) is 0 Å². The van der Waals surface area contributed by atoms with Crippen LogP contribution in [0, 0.1) is 0 Å². The van der Waals surface area contributed by atoms with Gasteiger partial charge < -0.3 is 0 Å². The number of methoxy groups -OCH3 is 1. The molecule has 0 saturated carbocycles. The van der Waals surface area contributed by atoms with Crippen LogP contribution in [0.1, 0.15) is 47.1 Å². The second kappa shape index (κ2) is 10.3. The van der Waals surface area contributed by atoms with Crippen LogP contribution in [0.25, 0.3) is 6.08 Å². The molecule has 1 aromatic rings. The van der Waals surface area contributed by atoms with Crippen molar-refractivity contribution in [3.05, 3.63) is 29.8 Å². The second-order valence-corrected chi connectivity index (χ2v) is 12.3. The molecule has 28 heavy (non-hydrogen) atoms. The van der Waals surface area contributed by atoms with E-state index in [4.69, 9.17) is 9.47 Å². The zero-order valence-electron chi connectivity index (χ0n) is 17.2. The summed E-state index contributed by atoms with van der Waals surface area (Å²) < 4.78 is 16.5. The molecule has 6 nitrogen and oxygen atoms in total. The molecule has 0 aromatic heterocycles. The van der Waals surface area contributed by atoms with Crippen LogP contribution in [0.15, 0.2) is 24.3 Å². The predicted octanol–water partition coefficient (Wildman–Crippen LogP) is 2.40. The van der Waals surface area contributed by atoms with E-state index in [9.17, 15) is 14.4 Å². The fraction of sp³-hybridized carbons (Fsp3) is 0.450. The van der Waals surface area contributed by atoms with Gasteiger partial charge in [-0.3, -0.25) is 0 Å². The first-order valence-corrected chi connectivity index (χ1v) is 12.3. The molecule has 1 rings (SSSR count). The molecule has 0 atom stereocenters. The van der Waals surface area contributed by atoms with Gasteiger partial charge in [-0.25, -0.2) is 0 Å². The Kier molecular flexibility index (Phi) is 9.04. The van der Waals surface area contributed by atoms with E-state index in [0.29, 0.717) is 5.56 Å². The van der Waals surface area contributed by atoms with Crippen molar-refractivity contribution in [2.45, 2.75) is 52.7 Å². The van der Waals surface area contributed by atoms with Crippen LogP contribution in [0.4, 0.5) is 9.59 Å². The number of hydrogen-bond acceptors (Lipinski definition) is 6. The Morgan fingerprint density at radius 1 is 0.893 bits per heavy atom. The fourth-order valence-corrected chi connectivity index (χ4v) is 5.66. The maximum atomic E-state index is 12.2. The zero-order chi connectivity index (χ0) is 21.5. The van der Waals surface area contributed by atoms with E-state index in [1.165, 1.54) is 13.2 Å². The van der Waals surface area contributed by atoms with Crippen molar-refractivity contribution in [1.82, 2.24) is 0 Å². The predicted molar refractivity (Wildman–Crippen MR) is 111 cm³/mol. The first-order valence-electron chi connectivity index (χ1n) is 8.58. The third kappa shape index (κ3) is 10.1. The van der Waals surface area contributed by atoms with Crippen molar-refractivity contribution in [2.75, 3.05) is 7.11 Å². The molecule has 0 aliphatic carbocycles. The van der Waals surface area contributed by atoms with Crippen molar-refractivity contribution in [3.8, 4) is 0 Å². The number of rotatable bonds is 6. The van der Waals surface area contributed by atoms with Gasteiger partial charge in [0.15, 0.2) is 0 Å². The minimum absolute atomic E-state index is 0.250. The summed E-state index contributed by atoms with van der Waals surface area (Å²) in [6.07, 6.45) is 2.89. The van der Waals surface area contributed by atoms with Crippen LogP contribution in [0.2, 0.25) is 0 Å². The van der Waals surface area contributed by atoms with Gasteiger partial charge in [-0.05, 0) is 0 Å². The summed E-state index contributed by atoms with van der Waals surface area (Å²) in [5.41, 5.74) is -0.398. The molecule has 0 aliphatic rings. The van der Waals surface area contributed by atoms with Gasteiger partial charge in [0.25, 0.3) is 0 Å². The van der Waals surface area contributed by atoms with Gasteiger partial charge in [0, 0.05) is 0 Å². The number of hydrogen-bond donors (Lipinski definition) is 0. The molecule has 0 bridgehead atoms. The Hall–Kier alpha value is -1.51. The number of carbonyl (C=O) groups is 3. The SMILES string of the molecule is COC(=O)C=Cc1cc([As]C(=O)OC(C)(C)C)ccc1[As]C(=O)OC(C)(C)C. The summed E-state index contributed by atoms with van der Waals surface area (Å²) in [4.78, 5) is 35.8. The normalized spacial score (nSPS) is 12.8. The van der Waals surface area contributed by atoms with Gasteiger partial charge in [0.05, 0.1) is 0 Å². The summed E-state index contributed by atoms with van der Waals surface area (Å²) >= 11 is -1.78. The molecule has 0 fully saturated rings. The van der Waals surface area contributed by atoms with Crippen LogP contribution in [0.5, 0.6) is 0 Å². The maximum absolute atomic E-state index is 12.2. The molecule has 1 aromatic carbocycles. The molecule has 0 aliphatic heterocycles. The number of carbonyl (C=O) groups excluding carboxylic acids is 3. The van der Waals surface area contributed by atoms with E-state index in [0.717, 1.165) is 8.70 Å². The Bertz CT molecular complexity index is 757. The third-order valence-corrected chi connectivity index (χ3v) is 6.46. The van der Waals surface area contributed by atoms with Crippen LogP contribution < -0.4 is 8.70 Å². The van der Waals surface area contributed by atoms with Crippen LogP contribution in [0.3, 0.4) is 0 Å².